The highest BCUT2D eigenvalue weighted by molar-refractivity contribution is 9.10. The molecule has 2 heterocycles. The summed E-state index contributed by atoms with van der Waals surface area (Å²) in [7, 11) is 1.69. The van der Waals surface area contributed by atoms with Gasteiger partial charge in [-0.3, -0.25) is 5.01 Å². The van der Waals surface area contributed by atoms with E-state index >= 15 is 0 Å². The van der Waals surface area contributed by atoms with Gasteiger partial charge in [0.1, 0.15) is 11.5 Å². The molecule has 4 nitrogen and oxygen atoms in total. The zero-order valence-electron chi connectivity index (χ0n) is 14.4. The van der Waals surface area contributed by atoms with Gasteiger partial charge in [-0.25, -0.2) is 0 Å². The number of nitrogens with zero attached hydrogens (tertiary/aromatic N) is 2. The molecule has 2 aliphatic rings. The van der Waals surface area contributed by atoms with Gasteiger partial charge in [0.2, 0.25) is 0 Å². The van der Waals surface area contributed by atoms with Gasteiger partial charge in [0.05, 0.1) is 18.9 Å². The third-order valence-corrected chi connectivity index (χ3v) is 5.26. The summed E-state index contributed by atoms with van der Waals surface area (Å²) in [6.45, 7) is 2.18. The van der Waals surface area contributed by atoms with Crippen LogP contribution in [0.15, 0.2) is 52.0 Å². The van der Waals surface area contributed by atoms with Crippen LogP contribution in [-0.4, -0.2) is 24.1 Å². The third kappa shape index (κ3) is 3.01. The fraction of sp³-hybridized carbons (Fsp3) is 0.350. The molecule has 0 aliphatic carbocycles. The zero-order chi connectivity index (χ0) is 17.4. The molecule has 2 aromatic rings. The summed E-state index contributed by atoms with van der Waals surface area (Å²) in [5.41, 5.74) is 3.39. The van der Waals surface area contributed by atoms with E-state index in [2.05, 4.69) is 52.1 Å². The van der Waals surface area contributed by atoms with Gasteiger partial charge in [-0.05, 0) is 30.3 Å². The second-order valence-corrected chi connectivity index (χ2v) is 7.34. The number of hydrazone groups is 1. The molecule has 130 valence electrons. The van der Waals surface area contributed by atoms with Crippen LogP contribution in [0.4, 0.5) is 0 Å². The molecular weight excluding hydrogens is 380 g/mol. The van der Waals surface area contributed by atoms with Crippen LogP contribution in [0, 0.1) is 0 Å². The highest BCUT2D eigenvalue weighted by atomic mass is 79.9. The molecule has 2 aromatic carbocycles. The first-order chi connectivity index (χ1) is 12.2. The number of fused-ring (bicyclic) bond motifs is 3. The summed E-state index contributed by atoms with van der Waals surface area (Å²) in [5, 5.41) is 7.08. The lowest BCUT2D eigenvalue weighted by atomic mass is 9.96. The Hall–Kier alpha value is -2.01. The first-order valence-corrected chi connectivity index (χ1v) is 9.45. The summed E-state index contributed by atoms with van der Waals surface area (Å²) in [6, 6.07) is 14.6. The topological polar surface area (TPSA) is 34.1 Å². The Labute approximate surface area is 156 Å². The molecule has 0 bridgehead atoms. The second kappa shape index (κ2) is 6.71. The largest absolute Gasteiger partial charge is 0.497 e. The van der Waals surface area contributed by atoms with E-state index < -0.39 is 0 Å². The Bertz CT molecular complexity index is 821. The molecule has 0 fully saturated rings. The van der Waals surface area contributed by atoms with E-state index in [1.54, 1.807) is 7.11 Å². The molecule has 0 aromatic heterocycles. The fourth-order valence-corrected chi connectivity index (χ4v) is 3.93. The molecule has 4 rings (SSSR count). The molecule has 0 N–H and O–H groups in total. The lowest BCUT2D eigenvalue weighted by molar-refractivity contribution is -0.0223. The number of rotatable bonds is 4. The van der Waals surface area contributed by atoms with Gasteiger partial charge in [-0.15, -0.1) is 0 Å². The molecule has 5 heteroatoms. The molecule has 0 amide bonds. The van der Waals surface area contributed by atoms with E-state index in [-0.39, 0.29) is 12.3 Å². The maximum Gasteiger partial charge on any atom is 0.187 e. The summed E-state index contributed by atoms with van der Waals surface area (Å²) in [6.07, 6.45) is 2.89. The van der Waals surface area contributed by atoms with Crippen LogP contribution in [0.3, 0.4) is 0 Å². The molecule has 2 aliphatic heterocycles. The van der Waals surface area contributed by atoms with Gasteiger partial charge in [-0.1, -0.05) is 41.4 Å². The highest BCUT2D eigenvalue weighted by Crippen LogP contribution is 2.44. The first kappa shape index (κ1) is 16.5. The van der Waals surface area contributed by atoms with Gasteiger partial charge < -0.3 is 9.47 Å². The molecule has 0 radical (unpaired) electrons. The number of methoxy groups -OCH3 is 1. The SMILES string of the molecule is CCC[C@H]1Oc2ccc(Br)cc2[C@@H]2CC(c3cccc(OC)c3)=NN12. The summed E-state index contributed by atoms with van der Waals surface area (Å²) >= 11 is 3.58. The van der Waals surface area contributed by atoms with Crippen molar-refractivity contribution < 1.29 is 9.47 Å². The van der Waals surface area contributed by atoms with Crippen molar-refractivity contribution in [2.24, 2.45) is 5.10 Å². The molecule has 2 atom stereocenters. The Morgan fingerprint density at radius 2 is 2.16 bits per heavy atom. The van der Waals surface area contributed by atoms with E-state index in [4.69, 9.17) is 14.6 Å². The molecule has 0 saturated carbocycles. The van der Waals surface area contributed by atoms with Gasteiger partial charge in [0, 0.05) is 28.4 Å². The average Bonchev–Trinajstić information content (AvgIpc) is 3.08. The Morgan fingerprint density at radius 1 is 1.28 bits per heavy atom. The average molecular weight is 401 g/mol. The van der Waals surface area contributed by atoms with Crippen LogP contribution in [-0.2, 0) is 0 Å². The Balaban J connectivity index is 1.72. The van der Waals surface area contributed by atoms with Crippen molar-refractivity contribution in [1.82, 2.24) is 5.01 Å². The summed E-state index contributed by atoms with van der Waals surface area (Å²) in [5.74, 6) is 1.83. The van der Waals surface area contributed by atoms with Crippen molar-refractivity contribution in [3.8, 4) is 11.5 Å². The van der Waals surface area contributed by atoms with Gasteiger partial charge in [0.15, 0.2) is 6.23 Å². The maximum absolute atomic E-state index is 6.24. The van der Waals surface area contributed by atoms with E-state index in [1.165, 1.54) is 5.56 Å². The van der Waals surface area contributed by atoms with Gasteiger partial charge in [-0.2, -0.15) is 5.10 Å². The van der Waals surface area contributed by atoms with E-state index in [9.17, 15) is 0 Å². The van der Waals surface area contributed by atoms with Crippen molar-refractivity contribution in [3.63, 3.8) is 0 Å². The predicted octanol–water partition coefficient (Wildman–Crippen LogP) is 5.13. The van der Waals surface area contributed by atoms with Crippen molar-refractivity contribution >= 4 is 21.6 Å². The maximum atomic E-state index is 6.24. The van der Waals surface area contributed by atoms with Crippen LogP contribution < -0.4 is 9.47 Å². The summed E-state index contributed by atoms with van der Waals surface area (Å²) < 4.78 is 12.7. The minimum absolute atomic E-state index is 0.00761. The normalized spacial score (nSPS) is 21.2. The van der Waals surface area contributed by atoms with Crippen LogP contribution in [0.1, 0.15) is 43.4 Å². The number of ether oxygens (including phenoxy) is 2. The number of hydrogen-bond acceptors (Lipinski definition) is 4. The molecule has 25 heavy (non-hydrogen) atoms. The monoisotopic (exact) mass is 400 g/mol. The summed E-state index contributed by atoms with van der Waals surface area (Å²) in [4.78, 5) is 0. The lowest BCUT2D eigenvalue weighted by Crippen LogP contribution is -2.40. The minimum Gasteiger partial charge on any atom is -0.497 e. The zero-order valence-corrected chi connectivity index (χ0v) is 16.0. The molecule has 0 saturated heterocycles. The smallest absolute Gasteiger partial charge is 0.187 e. The van der Waals surface area contributed by atoms with E-state index in [1.807, 2.05) is 18.2 Å². The van der Waals surface area contributed by atoms with E-state index in [0.717, 1.165) is 46.5 Å². The standard InChI is InChI=1S/C20H21BrN2O2/c1-3-5-20-23-18(16-11-14(21)8-9-19(16)25-20)12-17(22-23)13-6-4-7-15(10-13)24-2/h4,6-11,18,20H,3,5,12H2,1-2H3/t18-,20+/m0/s1. The Kier molecular flexibility index (Phi) is 4.42. The number of benzene rings is 2. The van der Waals surface area contributed by atoms with Crippen molar-refractivity contribution in [2.45, 2.75) is 38.5 Å². The Morgan fingerprint density at radius 3 is 2.96 bits per heavy atom. The predicted molar refractivity (Wildman–Crippen MR) is 102 cm³/mol. The molecule has 0 spiro atoms. The molecule has 0 unspecified atom stereocenters. The highest BCUT2D eigenvalue weighted by Gasteiger charge is 2.39. The van der Waals surface area contributed by atoms with Gasteiger partial charge in [0.25, 0.3) is 0 Å². The molecular formula is C20H21BrN2O2. The van der Waals surface area contributed by atoms with Crippen LogP contribution in [0.2, 0.25) is 0 Å². The number of hydrogen-bond donors (Lipinski definition) is 0. The minimum atomic E-state index is -0.00761. The van der Waals surface area contributed by atoms with Crippen LogP contribution in [0.5, 0.6) is 11.5 Å². The number of halogens is 1. The fourth-order valence-electron chi connectivity index (χ4n) is 3.55. The second-order valence-electron chi connectivity index (χ2n) is 6.42. The lowest BCUT2D eigenvalue weighted by Gasteiger charge is -2.38. The van der Waals surface area contributed by atoms with Gasteiger partial charge >= 0.3 is 0 Å². The van der Waals surface area contributed by atoms with Crippen LogP contribution in [0.25, 0.3) is 0 Å². The third-order valence-electron chi connectivity index (χ3n) is 4.77. The van der Waals surface area contributed by atoms with E-state index in [0.29, 0.717) is 0 Å². The van der Waals surface area contributed by atoms with Crippen molar-refractivity contribution in [1.29, 1.82) is 0 Å². The van der Waals surface area contributed by atoms with Crippen molar-refractivity contribution in [3.05, 3.63) is 58.1 Å². The van der Waals surface area contributed by atoms with Crippen LogP contribution >= 0.6 is 15.9 Å². The quantitative estimate of drug-likeness (QED) is 0.713. The first-order valence-electron chi connectivity index (χ1n) is 8.66. The van der Waals surface area contributed by atoms with Crippen molar-refractivity contribution in [2.75, 3.05) is 7.11 Å².